The molecule has 1 aromatic rings. The first-order valence-corrected chi connectivity index (χ1v) is 7.81. The van der Waals surface area contributed by atoms with E-state index in [1.807, 2.05) is 11.0 Å². The molecule has 1 aromatic carbocycles. The first kappa shape index (κ1) is 13.6. The van der Waals surface area contributed by atoms with Gasteiger partial charge >= 0.3 is 0 Å². The second-order valence-electron chi connectivity index (χ2n) is 6.25. The van der Waals surface area contributed by atoms with E-state index in [9.17, 15) is 4.79 Å². The summed E-state index contributed by atoms with van der Waals surface area (Å²) in [4.78, 5) is 17.0. The van der Waals surface area contributed by atoms with Crippen molar-refractivity contribution in [2.24, 2.45) is 5.92 Å². The van der Waals surface area contributed by atoms with Gasteiger partial charge < -0.3 is 9.80 Å². The molecular weight excluding hydrogens is 248 g/mol. The van der Waals surface area contributed by atoms with Crippen LogP contribution in [0.1, 0.15) is 31.2 Å². The largest absolute Gasteiger partial charge is 0.312 e. The van der Waals surface area contributed by atoms with Crippen LogP contribution in [0.2, 0.25) is 0 Å². The number of fused-ring (bicyclic) bond motifs is 1. The van der Waals surface area contributed by atoms with Crippen LogP contribution in [0.25, 0.3) is 0 Å². The molecular formula is C17H24N2O. The van der Waals surface area contributed by atoms with Crippen LogP contribution < -0.4 is 4.90 Å². The molecule has 2 heterocycles. The number of likely N-dealkylation sites (tertiary alicyclic amines) is 1. The SMILES string of the molecule is CN1CCCC(CC(=O)N2CCCc3ccccc32)C1. The number of carbonyl (C=O) groups is 1. The van der Waals surface area contributed by atoms with E-state index >= 15 is 0 Å². The Morgan fingerprint density at radius 1 is 1.25 bits per heavy atom. The molecule has 20 heavy (non-hydrogen) atoms. The molecule has 1 saturated heterocycles. The van der Waals surface area contributed by atoms with Gasteiger partial charge in [-0.2, -0.15) is 0 Å². The molecule has 3 heteroatoms. The number of carbonyl (C=O) groups excluding carboxylic acids is 1. The Hall–Kier alpha value is -1.35. The van der Waals surface area contributed by atoms with Crippen LogP contribution in [-0.4, -0.2) is 37.5 Å². The number of hydrogen-bond donors (Lipinski definition) is 0. The number of nitrogens with zero attached hydrogens (tertiary/aromatic N) is 2. The lowest BCUT2D eigenvalue weighted by Crippen LogP contribution is -2.39. The number of rotatable bonds is 2. The van der Waals surface area contributed by atoms with E-state index in [1.165, 1.54) is 24.9 Å². The van der Waals surface area contributed by atoms with Crippen molar-refractivity contribution in [3.63, 3.8) is 0 Å². The summed E-state index contributed by atoms with van der Waals surface area (Å²) in [5.74, 6) is 0.854. The van der Waals surface area contributed by atoms with Crippen LogP contribution in [0.15, 0.2) is 24.3 Å². The minimum Gasteiger partial charge on any atom is -0.312 e. The van der Waals surface area contributed by atoms with Crippen LogP contribution in [0.4, 0.5) is 5.69 Å². The van der Waals surface area contributed by atoms with E-state index in [-0.39, 0.29) is 0 Å². The van der Waals surface area contributed by atoms with Crippen molar-refractivity contribution < 1.29 is 4.79 Å². The van der Waals surface area contributed by atoms with E-state index in [2.05, 4.69) is 30.1 Å². The third-order valence-corrected chi connectivity index (χ3v) is 4.60. The van der Waals surface area contributed by atoms with Gasteiger partial charge in [0.25, 0.3) is 0 Å². The number of piperidine rings is 1. The van der Waals surface area contributed by atoms with Gasteiger partial charge in [-0.05, 0) is 56.8 Å². The van der Waals surface area contributed by atoms with Crippen LogP contribution >= 0.6 is 0 Å². The van der Waals surface area contributed by atoms with Gasteiger partial charge in [-0.15, -0.1) is 0 Å². The zero-order chi connectivity index (χ0) is 13.9. The van der Waals surface area contributed by atoms with E-state index in [0.717, 1.165) is 31.6 Å². The van der Waals surface area contributed by atoms with E-state index in [1.54, 1.807) is 0 Å². The average Bonchev–Trinajstić information content (AvgIpc) is 2.46. The molecule has 0 N–H and O–H groups in total. The molecule has 0 spiro atoms. The van der Waals surface area contributed by atoms with Crippen molar-refractivity contribution in [1.29, 1.82) is 0 Å². The normalized spacial score (nSPS) is 23.4. The van der Waals surface area contributed by atoms with Gasteiger partial charge in [-0.1, -0.05) is 18.2 Å². The van der Waals surface area contributed by atoms with Gasteiger partial charge in [-0.3, -0.25) is 4.79 Å². The summed E-state index contributed by atoms with van der Waals surface area (Å²) in [5.41, 5.74) is 2.47. The van der Waals surface area contributed by atoms with Crippen molar-refractivity contribution >= 4 is 11.6 Å². The molecule has 0 bridgehead atoms. The van der Waals surface area contributed by atoms with Crippen molar-refractivity contribution in [2.45, 2.75) is 32.1 Å². The topological polar surface area (TPSA) is 23.6 Å². The molecule has 1 amide bonds. The summed E-state index contributed by atoms with van der Waals surface area (Å²) in [6.07, 6.45) is 5.33. The fourth-order valence-corrected chi connectivity index (χ4v) is 3.59. The van der Waals surface area contributed by atoms with E-state index in [4.69, 9.17) is 0 Å². The van der Waals surface area contributed by atoms with Crippen LogP contribution in [0, 0.1) is 5.92 Å². The molecule has 1 fully saturated rings. The Kier molecular flexibility index (Phi) is 4.06. The van der Waals surface area contributed by atoms with Gasteiger partial charge in [0.15, 0.2) is 0 Å². The van der Waals surface area contributed by atoms with Gasteiger partial charge in [0.1, 0.15) is 0 Å². The quantitative estimate of drug-likeness (QED) is 0.826. The Morgan fingerprint density at radius 2 is 2.10 bits per heavy atom. The smallest absolute Gasteiger partial charge is 0.227 e. The molecule has 0 radical (unpaired) electrons. The van der Waals surface area contributed by atoms with Crippen LogP contribution in [0.5, 0.6) is 0 Å². The Bertz CT molecular complexity index is 486. The van der Waals surface area contributed by atoms with Crippen molar-refractivity contribution in [2.75, 3.05) is 31.6 Å². The predicted octanol–water partition coefficient (Wildman–Crippen LogP) is 2.70. The number of benzene rings is 1. The number of anilines is 1. The van der Waals surface area contributed by atoms with Crippen molar-refractivity contribution in [3.05, 3.63) is 29.8 Å². The summed E-state index contributed by atoms with van der Waals surface area (Å²) in [6.45, 7) is 3.14. The highest BCUT2D eigenvalue weighted by molar-refractivity contribution is 5.94. The molecule has 3 nitrogen and oxygen atoms in total. The molecule has 2 aliphatic heterocycles. The van der Waals surface area contributed by atoms with Gasteiger partial charge in [0.2, 0.25) is 5.91 Å². The molecule has 108 valence electrons. The highest BCUT2D eigenvalue weighted by Gasteiger charge is 2.26. The Morgan fingerprint density at radius 3 is 2.95 bits per heavy atom. The molecule has 0 aliphatic carbocycles. The summed E-state index contributed by atoms with van der Waals surface area (Å²) in [5, 5.41) is 0. The minimum absolute atomic E-state index is 0.317. The summed E-state index contributed by atoms with van der Waals surface area (Å²) in [7, 11) is 2.16. The number of aryl methyl sites for hydroxylation is 1. The highest BCUT2D eigenvalue weighted by atomic mass is 16.2. The van der Waals surface area contributed by atoms with Gasteiger partial charge in [0, 0.05) is 25.2 Å². The average molecular weight is 272 g/mol. The van der Waals surface area contributed by atoms with Crippen molar-refractivity contribution in [3.8, 4) is 0 Å². The lowest BCUT2D eigenvalue weighted by atomic mass is 9.93. The van der Waals surface area contributed by atoms with Crippen LogP contribution in [-0.2, 0) is 11.2 Å². The first-order chi connectivity index (χ1) is 9.74. The van der Waals surface area contributed by atoms with Gasteiger partial charge in [-0.25, -0.2) is 0 Å². The maximum absolute atomic E-state index is 12.6. The molecule has 1 unspecified atom stereocenters. The molecule has 2 aliphatic rings. The molecule has 3 rings (SSSR count). The van der Waals surface area contributed by atoms with E-state index < -0.39 is 0 Å². The predicted molar refractivity (Wildman–Crippen MR) is 82.0 cm³/mol. The standard InChI is InChI=1S/C17H24N2O/c1-18-10-4-6-14(13-18)12-17(20)19-11-5-8-15-7-2-3-9-16(15)19/h2-3,7,9,14H,4-6,8,10-13H2,1H3. The molecule has 0 aromatic heterocycles. The third kappa shape index (κ3) is 2.88. The zero-order valence-electron chi connectivity index (χ0n) is 12.3. The number of para-hydroxylation sites is 1. The second kappa shape index (κ2) is 5.96. The monoisotopic (exact) mass is 272 g/mol. The number of amides is 1. The minimum atomic E-state index is 0.317. The lowest BCUT2D eigenvalue weighted by molar-refractivity contribution is -0.120. The maximum Gasteiger partial charge on any atom is 0.227 e. The maximum atomic E-state index is 12.6. The highest BCUT2D eigenvalue weighted by Crippen LogP contribution is 2.28. The fraction of sp³-hybridized carbons (Fsp3) is 0.588. The Labute approximate surface area is 121 Å². The second-order valence-corrected chi connectivity index (χ2v) is 6.25. The Balaban J connectivity index is 1.69. The van der Waals surface area contributed by atoms with Crippen molar-refractivity contribution in [1.82, 2.24) is 4.90 Å². The zero-order valence-corrected chi connectivity index (χ0v) is 12.3. The molecule has 0 saturated carbocycles. The lowest BCUT2D eigenvalue weighted by Gasteiger charge is -2.33. The molecule has 1 atom stereocenters. The third-order valence-electron chi connectivity index (χ3n) is 4.60. The summed E-state index contributed by atoms with van der Waals surface area (Å²) < 4.78 is 0. The summed E-state index contributed by atoms with van der Waals surface area (Å²) >= 11 is 0. The number of hydrogen-bond acceptors (Lipinski definition) is 2. The van der Waals surface area contributed by atoms with Gasteiger partial charge in [0.05, 0.1) is 0 Å². The van der Waals surface area contributed by atoms with Crippen LogP contribution in [0.3, 0.4) is 0 Å². The first-order valence-electron chi connectivity index (χ1n) is 7.81. The fourth-order valence-electron chi connectivity index (χ4n) is 3.59. The van der Waals surface area contributed by atoms with E-state index in [0.29, 0.717) is 18.2 Å². The summed E-state index contributed by atoms with van der Waals surface area (Å²) in [6, 6.07) is 8.37.